The standard InChI is InChI=1S/C35H30N6O/c1-17(2)23-27-28(39-26(22-13-9-20(6)10-14-22)25(38-27)21-11-7-19(5)8-12-21)24(18(3)4)30-29(23)40-32-31-33(37-16-15-36-31)35(42)34(32)41-30/h7-18H,1-6H3. The molecule has 7 heteroatoms. The number of rotatable bonds is 4. The number of carbonyl (C=O) groups excluding carboxylic acids is 1. The minimum atomic E-state index is -0.246. The van der Waals surface area contributed by atoms with Crippen molar-refractivity contribution in [1.29, 1.82) is 0 Å². The maximum absolute atomic E-state index is 13.4. The molecule has 3 aromatic carbocycles. The third-order valence-electron chi connectivity index (χ3n) is 7.97. The fourth-order valence-electron chi connectivity index (χ4n) is 5.88. The van der Waals surface area contributed by atoms with Crippen molar-refractivity contribution >= 4 is 27.9 Å². The monoisotopic (exact) mass is 550 g/mol. The number of ketones is 1. The topological polar surface area (TPSA) is 94.4 Å². The Kier molecular flexibility index (Phi) is 5.94. The number of carbonyl (C=O) groups is 1. The Bertz CT molecular complexity index is 2060. The fraction of sp³-hybridized carbons (Fsp3) is 0.229. The van der Waals surface area contributed by atoms with Gasteiger partial charge in [-0.2, -0.15) is 0 Å². The zero-order chi connectivity index (χ0) is 29.3. The average molecular weight is 551 g/mol. The van der Waals surface area contributed by atoms with Gasteiger partial charge < -0.3 is 0 Å². The number of hydrogen-bond donors (Lipinski definition) is 0. The van der Waals surface area contributed by atoms with Crippen molar-refractivity contribution in [3.63, 3.8) is 0 Å². The molecule has 0 bridgehead atoms. The Labute approximate surface area is 244 Å². The summed E-state index contributed by atoms with van der Waals surface area (Å²) in [4.78, 5) is 43.0. The molecule has 7 nitrogen and oxygen atoms in total. The van der Waals surface area contributed by atoms with Gasteiger partial charge in [0, 0.05) is 34.6 Å². The molecular formula is C35H30N6O. The van der Waals surface area contributed by atoms with E-state index in [2.05, 4.69) is 100 Å². The number of aromatic nitrogens is 6. The Hall–Kier alpha value is -4.91. The van der Waals surface area contributed by atoms with Crippen LogP contribution in [0.15, 0.2) is 60.9 Å². The van der Waals surface area contributed by atoms with Gasteiger partial charge in [-0.1, -0.05) is 87.4 Å². The molecule has 0 aliphatic heterocycles. The zero-order valence-corrected chi connectivity index (χ0v) is 24.5. The molecule has 206 valence electrons. The molecule has 3 heterocycles. The van der Waals surface area contributed by atoms with Crippen molar-refractivity contribution in [2.45, 2.75) is 53.4 Å². The fourth-order valence-corrected chi connectivity index (χ4v) is 5.88. The SMILES string of the molecule is Cc1ccc(-c2nc3c(C(C)C)c4nc5c(nc4c(C(C)C)c3nc2-c2ccc(C)cc2)-c2nccnc2C5=O)cc1. The van der Waals surface area contributed by atoms with E-state index in [0.717, 1.165) is 50.2 Å². The zero-order valence-electron chi connectivity index (χ0n) is 24.5. The van der Waals surface area contributed by atoms with E-state index in [0.29, 0.717) is 28.3 Å². The lowest BCUT2D eigenvalue weighted by Crippen LogP contribution is -2.09. The molecule has 0 saturated heterocycles. The minimum Gasteiger partial charge on any atom is -0.285 e. The Morgan fingerprint density at radius 1 is 0.476 bits per heavy atom. The summed E-state index contributed by atoms with van der Waals surface area (Å²) in [6.07, 6.45) is 3.12. The summed E-state index contributed by atoms with van der Waals surface area (Å²) in [7, 11) is 0. The molecule has 6 aromatic rings. The van der Waals surface area contributed by atoms with Crippen LogP contribution in [-0.4, -0.2) is 35.7 Å². The lowest BCUT2D eigenvalue weighted by Gasteiger charge is -2.21. The van der Waals surface area contributed by atoms with E-state index in [1.807, 2.05) is 0 Å². The molecule has 0 saturated carbocycles. The van der Waals surface area contributed by atoms with Gasteiger partial charge in [0.05, 0.1) is 33.5 Å². The van der Waals surface area contributed by atoms with E-state index >= 15 is 0 Å². The largest absolute Gasteiger partial charge is 0.285 e. The number of aryl methyl sites for hydroxylation is 2. The van der Waals surface area contributed by atoms with E-state index in [1.165, 1.54) is 17.3 Å². The third-order valence-corrected chi connectivity index (χ3v) is 7.97. The molecule has 42 heavy (non-hydrogen) atoms. The first-order valence-electron chi connectivity index (χ1n) is 14.3. The van der Waals surface area contributed by atoms with E-state index in [4.69, 9.17) is 19.9 Å². The van der Waals surface area contributed by atoms with Crippen LogP contribution in [0.5, 0.6) is 0 Å². The molecule has 0 atom stereocenters. The van der Waals surface area contributed by atoms with Crippen LogP contribution in [0, 0.1) is 13.8 Å². The lowest BCUT2D eigenvalue weighted by atomic mass is 9.90. The first-order chi connectivity index (χ1) is 20.2. The molecule has 1 aliphatic rings. The average Bonchev–Trinajstić information content (AvgIpc) is 3.25. The van der Waals surface area contributed by atoms with Crippen LogP contribution in [-0.2, 0) is 0 Å². The second kappa shape index (κ2) is 9.58. The first kappa shape index (κ1) is 26.0. The van der Waals surface area contributed by atoms with Gasteiger partial charge in [-0.3, -0.25) is 9.78 Å². The quantitative estimate of drug-likeness (QED) is 0.207. The summed E-state index contributed by atoms with van der Waals surface area (Å²) in [5.41, 5.74) is 12.5. The molecule has 1 aliphatic carbocycles. The van der Waals surface area contributed by atoms with Crippen molar-refractivity contribution in [2.24, 2.45) is 0 Å². The van der Waals surface area contributed by atoms with E-state index in [1.54, 1.807) is 6.20 Å². The van der Waals surface area contributed by atoms with Crippen molar-refractivity contribution in [3.8, 4) is 33.9 Å². The highest BCUT2D eigenvalue weighted by atomic mass is 16.1. The molecule has 0 amide bonds. The molecule has 7 rings (SSSR count). The van der Waals surface area contributed by atoms with Crippen LogP contribution in [0.2, 0.25) is 0 Å². The maximum atomic E-state index is 13.4. The van der Waals surface area contributed by atoms with Gasteiger partial charge in [-0.15, -0.1) is 0 Å². The summed E-state index contributed by atoms with van der Waals surface area (Å²) in [5.74, 6) is -0.138. The summed E-state index contributed by atoms with van der Waals surface area (Å²) >= 11 is 0. The maximum Gasteiger partial charge on any atom is 0.234 e. The van der Waals surface area contributed by atoms with E-state index in [9.17, 15) is 4.79 Å². The molecule has 0 radical (unpaired) electrons. The smallest absolute Gasteiger partial charge is 0.234 e. The first-order valence-corrected chi connectivity index (χ1v) is 14.3. The molecular weight excluding hydrogens is 520 g/mol. The normalized spacial score (nSPS) is 12.5. The van der Waals surface area contributed by atoms with Gasteiger partial charge >= 0.3 is 0 Å². The van der Waals surface area contributed by atoms with Gasteiger partial charge in [-0.05, 0) is 25.7 Å². The van der Waals surface area contributed by atoms with Crippen molar-refractivity contribution < 1.29 is 4.79 Å². The molecule has 0 spiro atoms. The van der Waals surface area contributed by atoms with Gasteiger partial charge in [0.1, 0.15) is 22.8 Å². The van der Waals surface area contributed by atoms with Crippen LogP contribution in [0.3, 0.4) is 0 Å². The number of nitrogens with zero attached hydrogens (tertiary/aromatic N) is 6. The highest BCUT2D eigenvalue weighted by molar-refractivity contribution is 6.19. The number of benzene rings is 3. The highest BCUT2D eigenvalue weighted by Crippen LogP contribution is 2.42. The highest BCUT2D eigenvalue weighted by Gasteiger charge is 2.35. The van der Waals surface area contributed by atoms with Crippen molar-refractivity contribution in [1.82, 2.24) is 29.9 Å². The molecule has 0 N–H and O–H groups in total. The van der Waals surface area contributed by atoms with Crippen LogP contribution in [0.1, 0.15) is 78.0 Å². The van der Waals surface area contributed by atoms with Gasteiger partial charge in [0.25, 0.3) is 0 Å². The summed E-state index contributed by atoms with van der Waals surface area (Å²) in [6, 6.07) is 16.8. The van der Waals surface area contributed by atoms with Crippen molar-refractivity contribution in [3.05, 3.63) is 94.6 Å². The van der Waals surface area contributed by atoms with Gasteiger partial charge in [0.2, 0.25) is 5.78 Å². The molecule has 0 unspecified atom stereocenters. The second-order valence-corrected chi connectivity index (χ2v) is 11.7. The molecule has 3 aromatic heterocycles. The Balaban J connectivity index is 1.65. The van der Waals surface area contributed by atoms with E-state index < -0.39 is 0 Å². The summed E-state index contributed by atoms with van der Waals surface area (Å²) in [5, 5.41) is 0. The van der Waals surface area contributed by atoms with E-state index in [-0.39, 0.29) is 17.6 Å². The van der Waals surface area contributed by atoms with Crippen LogP contribution in [0.25, 0.3) is 56.0 Å². The van der Waals surface area contributed by atoms with Crippen LogP contribution >= 0.6 is 0 Å². The van der Waals surface area contributed by atoms with Gasteiger partial charge in [-0.25, -0.2) is 24.9 Å². The van der Waals surface area contributed by atoms with Crippen LogP contribution < -0.4 is 0 Å². The predicted molar refractivity (Wildman–Crippen MR) is 166 cm³/mol. The minimum absolute atomic E-state index is 0.0454. The van der Waals surface area contributed by atoms with Gasteiger partial charge in [0.15, 0.2) is 0 Å². The summed E-state index contributed by atoms with van der Waals surface area (Å²) in [6.45, 7) is 12.7. The lowest BCUT2D eigenvalue weighted by molar-refractivity contribution is 0.103. The Morgan fingerprint density at radius 2 is 0.857 bits per heavy atom. The number of hydrogen-bond acceptors (Lipinski definition) is 7. The summed E-state index contributed by atoms with van der Waals surface area (Å²) < 4.78 is 0. The van der Waals surface area contributed by atoms with Crippen LogP contribution in [0.4, 0.5) is 0 Å². The second-order valence-electron chi connectivity index (χ2n) is 11.7. The third kappa shape index (κ3) is 3.91. The number of fused-ring (bicyclic) bond motifs is 5. The predicted octanol–water partition coefficient (Wildman–Crippen LogP) is 7.77. The molecule has 0 fully saturated rings. The van der Waals surface area contributed by atoms with Crippen molar-refractivity contribution in [2.75, 3.05) is 0 Å². The Morgan fingerprint density at radius 3 is 1.29 bits per heavy atom.